The van der Waals surface area contributed by atoms with Gasteiger partial charge < -0.3 is 4.74 Å². The number of hydrogen-bond donors (Lipinski definition) is 0. The minimum absolute atomic E-state index is 0.594. The summed E-state index contributed by atoms with van der Waals surface area (Å²) in [6.45, 7) is 11.6. The normalized spacial score (nSPS) is 14.3. The average Bonchev–Trinajstić information content (AvgIpc) is 1.82. The fourth-order valence-corrected chi connectivity index (χ4v) is 0.462. The Labute approximate surface area is 58.4 Å². The van der Waals surface area contributed by atoms with Crippen molar-refractivity contribution in [2.75, 3.05) is 13.2 Å². The van der Waals surface area contributed by atoms with E-state index in [0.717, 1.165) is 12.5 Å². The molecule has 0 saturated carbocycles. The molecule has 9 heavy (non-hydrogen) atoms. The summed E-state index contributed by atoms with van der Waals surface area (Å²) in [6.07, 6.45) is 0. The highest BCUT2D eigenvalue weighted by Gasteiger charge is 2.05. The molecule has 0 rings (SSSR count). The van der Waals surface area contributed by atoms with E-state index in [0.29, 0.717) is 12.5 Å². The van der Waals surface area contributed by atoms with Crippen molar-refractivity contribution >= 4 is 0 Å². The minimum Gasteiger partial charge on any atom is -0.381 e. The first-order chi connectivity index (χ1) is 4.18. The molecule has 1 heteroatoms. The van der Waals surface area contributed by atoms with Gasteiger partial charge in [-0.2, -0.15) is 0 Å². The molecule has 0 aromatic heterocycles. The molecule has 1 nitrogen and oxygen atoms in total. The van der Waals surface area contributed by atoms with Gasteiger partial charge in [0.25, 0.3) is 0 Å². The predicted octanol–water partition coefficient (Wildman–Crippen LogP) is 2.13. The van der Waals surface area contributed by atoms with Gasteiger partial charge in [-0.3, -0.25) is 0 Å². The van der Waals surface area contributed by atoms with Gasteiger partial charge in [0.1, 0.15) is 0 Å². The Bertz CT molecular complexity index is 59.6. The fraction of sp³-hybridized carbons (Fsp3) is 0.875. The highest BCUT2D eigenvalue weighted by Crippen LogP contribution is 2.08. The van der Waals surface area contributed by atoms with Crippen LogP contribution in [0.4, 0.5) is 0 Å². The first kappa shape index (κ1) is 8.96. The van der Waals surface area contributed by atoms with Gasteiger partial charge >= 0.3 is 0 Å². The van der Waals surface area contributed by atoms with Crippen LogP contribution >= 0.6 is 0 Å². The van der Waals surface area contributed by atoms with Gasteiger partial charge in [0.15, 0.2) is 0 Å². The molecular weight excluding hydrogens is 112 g/mol. The lowest BCUT2D eigenvalue weighted by Crippen LogP contribution is -2.11. The quantitative estimate of drug-likeness (QED) is 0.565. The third-order valence-corrected chi connectivity index (χ3v) is 1.66. The van der Waals surface area contributed by atoms with Crippen LogP contribution in [-0.4, -0.2) is 13.2 Å². The van der Waals surface area contributed by atoms with E-state index in [-0.39, 0.29) is 0 Å². The first-order valence-corrected chi connectivity index (χ1v) is 3.55. The second-order valence-electron chi connectivity index (χ2n) is 2.80. The zero-order valence-corrected chi connectivity index (χ0v) is 6.68. The third-order valence-electron chi connectivity index (χ3n) is 1.66. The summed E-state index contributed by atoms with van der Waals surface area (Å²) in [5.74, 6) is 1.38. The van der Waals surface area contributed by atoms with Crippen LogP contribution < -0.4 is 0 Å². The van der Waals surface area contributed by atoms with Gasteiger partial charge in [0.05, 0.1) is 0 Å². The fourth-order valence-electron chi connectivity index (χ4n) is 0.462. The van der Waals surface area contributed by atoms with Crippen LogP contribution in [0.5, 0.6) is 0 Å². The molecule has 0 aliphatic heterocycles. The van der Waals surface area contributed by atoms with Crippen LogP contribution in [-0.2, 0) is 4.74 Å². The van der Waals surface area contributed by atoms with Gasteiger partial charge in [-0.25, -0.2) is 0 Å². The molecule has 0 aliphatic rings. The number of rotatable bonds is 4. The highest BCUT2D eigenvalue weighted by atomic mass is 16.5. The van der Waals surface area contributed by atoms with Crippen LogP contribution in [0, 0.1) is 18.8 Å². The van der Waals surface area contributed by atoms with E-state index in [2.05, 4.69) is 27.7 Å². The highest BCUT2D eigenvalue weighted by molar-refractivity contribution is 4.54. The van der Waals surface area contributed by atoms with E-state index in [1.807, 2.05) is 0 Å². The zero-order valence-electron chi connectivity index (χ0n) is 6.68. The molecule has 1 radical (unpaired) electrons. The van der Waals surface area contributed by atoms with Crippen LogP contribution in [0.2, 0.25) is 0 Å². The summed E-state index contributed by atoms with van der Waals surface area (Å²) in [5.41, 5.74) is 0. The SMILES string of the molecule is [CH2]COCC(C)C(C)C. The average molecular weight is 129 g/mol. The smallest absolute Gasteiger partial charge is 0.0494 e. The first-order valence-electron chi connectivity index (χ1n) is 3.55. The Morgan fingerprint density at radius 1 is 1.33 bits per heavy atom. The molecule has 0 spiro atoms. The van der Waals surface area contributed by atoms with Crippen molar-refractivity contribution in [2.45, 2.75) is 20.8 Å². The molecule has 0 N–H and O–H groups in total. The standard InChI is InChI=1S/C8H17O/c1-5-9-6-8(4)7(2)3/h7-8H,1,5-6H2,2-4H3. The van der Waals surface area contributed by atoms with E-state index in [1.54, 1.807) is 0 Å². The van der Waals surface area contributed by atoms with Crippen LogP contribution in [0.3, 0.4) is 0 Å². The van der Waals surface area contributed by atoms with Gasteiger partial charge in [-0.1, -0.05) is 20.8 Å². The lowest BCUT2D eigenvalue weighted by Gasteiger charge is -2.14. The second-order valence-corrected chi connectivity index (χ2v) is 2.80. The summed E-state index contributed by atoms with van der Waals surface area (Å²) in [4.78, 5) is 0. The lowest BCUT2D eigenvalue weighted by molar-refractivity contribution is 0.110. The molecule has 1 unspecified atom stereocenters. The van der Waals surface area contributed by atoms with Crippen LogP contribution in [0.1, 0.15) is 20.8 Å². The maximum Gasteiger partial charge on any atom is 0.0494 e. The summed E-state index contributed by atoms with van der Waals surface area (Å²) in [5, 5.41) is 0. The lowest BCUT2D eigenvalue weighted by atomic mass is 9.99. The van der Waals surface area contributed by atoms with Crippen molar-refractivity contribution in [1.82, 2.24) is 0 Å². The van der Waals surface area contributed by atoms with Crippen molar-refractivity contribution in [3.8, 4) is 0 Å². The van der Waals surface area contributed by atoms with Gasteiger partial charge in [0, 0.05) is 13.2 Å². The Hall–Kier alpha value is -0.0400. The molecule has 0 bridgehead atoms. The van der Waals surface area contributed by atoms with Crippen LogP contribution in [0.15, 0.2) is 0 Å². The Morgan fingerprint density at radius 2 is 1.89 bits per heavy atom. The molecule has 0 saturated heterocycles. The van der Waals surface area contributed by atoms with E-state index < -0.39 is 0 Å². The maximum atomic E-state index is 5.15. The molecule has 0 amide bonds. The Balaban J connectivity index is 3.16. The summed E-state index contributed by atoms with van der Waals surface area (Å²) in [7, 11) is 0. The minimum atomic E-state index is 0.594. The van der Waals surface area contributed by atoms with Crippen molar-refractivity contribution in [3.05, 3.63) is 6.92 Å². The number of ether oxygens (including phenoxy) is 1. The number of hydrogen-bond acceptors (Lipinski definition) is 1. The maximum absolute atomic E-state index is 5.15. The molecular formula is C8H17O. The molecule has 0 aromatic rings. The van der Waals surface area contributed by atoms with Gasteiger partial charge in [-0.05, 0) is 18.8 Å². The van der Waals surface area contributed by atoms with Crippen LogP contribution in [0.25, 0.3) is 0 Å². The van der Waals surface area contributed by atoms with E-state index in [1.165, 1.54) is 0 Å². The van der Waals surface area contributed by atoms with E-state index in [9.17, 15) is 0 Å². The largest absolute Gasteiger partial charge is 0.381 e. The summed E-state index contributed by atoms with van der Waals surface area (Å²) >= 11 is 0. The third kappa shape index (κ3) is 4.46. The monoisotopic (exact) mass is 129 g/mol. The Kier molecular flexibility index (Phi) is 4.78. The molecule has 0 aromatic carbocycles. The molecule has 0 aliphatic carbocycles. The van der Waals surface area contributed by atoms with Crippen molar-refractivity contribution < 1.29 is 4.74 Å². The zero-order chi connectivity index (χ0) is 7.28. The molecule has 0 fully saturated rings. The molecule has 55 valence electrons. The van der Waals surface area contributed by atoms with Crippen molar-refractivity contribution in [2.24, 2.45) is 11.8 Å². The topological polar surface area (TPSA) is 9.23 Å². The summed E-state index contributed by atoms with van der Waals surface area (Å²) < 4.78 is 5.15. The van der Waals surface area contributed by atoms with Crippen molar-refractivity contribution in [3.63, 3.8) is 0 Å². The van der Waals surface area contributed by atoms with Gasteiger partial charge in [0.2, 0.25) is 0 Å². The molecule has 0 heterocycles. The summed E-state index contributed by atoms with van der Waals surface area (Å²) in [6, 6.07) is 0. The predicted molar refractivity (Wildman–Crippen MR) is 40.2 cm³/mol. The molecule has 1 atom stereocenters. The van der Waals surface area contributed by atoms with E-state index in [4.69, 9.17) is 4.74 Å². The second kappa shape index (κ2) is 4.80. The van der Waals surface area contributed by atoms with Gasteiger partial charge in [-0.15, -0.1) is 0 Å². The van der Waals surface area contributed by atoms with E-state index >= 15 is 0 Å². The van der Waals surface area contributed by atoms with Crippen molar-refractivity contribution in [1.29, 1.82) is 0 Å². The Morgan fingerprint density at radius 3 is 2.22 bits per heavy atom.